The first-order valence-electron chi connectivity index (χ1n) is 4.52. The lowest BCUT2D eigenvalue weighted by atomic mass is 10.3. The molecule has 0 fully saturated rings. The number of nitrogens with two attached hydrogens (primary N) is 1. The van der Waals surface area contributed by atoms with Gasteiger partial charge in [0.15, 0.2) is 0 Å². The SMILES string of the molecule is Cc1nc([C@H](N)CN(C)C)sc1CO. The fraction of sp³-hybridized carbons (Fsp3) is 0.667. The van der Waals surface area contributed by atoms with Crippen molar-refractivity contribution in [3.63, 3.8) is 0 Å². The van der Waals surface area contributed by atoms with Gasteiger partial charge in [-0.1, -0.05) is 0 Å². The van der Waals surface area contributed by atoms with E-state index < -0.39 is 0 Å². The maximum atomic E-state index is 9.01. The van der Waals surface area contributed by atoms with Crippen molar-refractivity contribution in [2.24, 2.45) is 5.73 Å². The second-order valence-electron chi connectivity index (χ2n) is 3.59. The first kappa shape index (κ1) is 11.6. The second kappa shape index (κ2) is 4.84. The van der Waals surface area contributed by atoms with Crippen LogP contribution in [0.25, 0.3) is 0 Å². The zero-order valence-corrected chi connectivity index (χ0v) is 9.64. The molecule has 1 atom stereocenters. The normalized spacial score (nSPS) is 13.6. The molecule has 4 nitrogen and oxygen atoms in total. The summed E-state index contributed by atoms with van der Waals surface area (Å²) in [5, 5.41) is 9.92. The van der Waals surface area contributed by atoms with Gasteiger partial charge in [-0.2, -0.15) is 0 Å². The molecule has 0 amide bonds. The minimum atomic E-state index is -0.0611. The van der Waals surface area contributed by atoms with Crippen molar-refractivity contribution in [1.29, 1.82) is 0 Å². The van der Waals surface area contributed by atoms with E-state index in [1.165, 1.54) is 11.3 Å². The molecule has 0 aromatic carbocycles. The van der Waals surface area contributed by atoms with Gasteiger partial charge in [-0.05, 0) is 21.0 Å². The lowest BCUT2D eigenvalue weighted by molar-refractivity contribution is 0.284. The molecule has 3 N–H and O–H groups in total. The monoisotopic (exact) mass is 215 g/mol. The highest BCUT2D eigenvalue weighted by atomic mass is 32.1. The van der Waals surface area contributed by atoms with Gasteiger partial charge < -0.3 is 15.7 Å². The molecule has 1 aromatic heterocycles. The van der Waals surface area contributed by atoms with Gasteiger partial charge in [-0.3, -0.25) is 0 Å². The van der Waals surface area contributed by atoms with Crippen LogP contribution in [0, 0.1) is 6.92 Å². The predicted molar refractivity (Wildman–Crippen MR) is 58.3 cm³/mol. The van der Waals surface area contributed by atoms with Crippen LogP contribution >= 0.6 is 11.3 Å². The smallest absolute Gasteiger partial charge is 0.111 e. The van der Waals surface area contributed by atoms with Crippen LogP contribution in [0.2, 0.25) is 0 Å². The molecule has 0 unspecified atom stereocenters. The van der Waals surface area contributed by atoms with Crippen LogP contribution < -0.4 is 5.73 Å². The van der Waals surface area contributed by atoms with E-state index in [2.05, 4.69) is 4.98 Å². The number of aryl methyl sites for hydroxylation is 1. The van der Waals surface area contributed by atoms with Crippen LogP contribution in [0.15, 0.2) is 0 Å². The standard InChI is InChI=1S/C9H17N3OS/c1-6-8(5-13)14-9(11-6)7(10)4-12(2)3/h7,13H,4-5,10H2,1-3H3/t7-/m1/s1. The molecule has 0 spiro atoms. The van der Waals surface area contributed by atoms with E-state index in [4.69, 9.17) is 10.8 Å². The third kappa shape index (κ3) is 2.75. The topological polar surface area (TPSA) is 62.4 Å². The van der Waals surface area contributed by atoms with Gasteiger partial charge in [0.25, 0.3) is 0 Å². The Labute approximate surface area is 88.4 Å². The Morgan fingerprint density at radius 1 is 1.57 bits per heavy atom. The fourth-order valence-corrected chi connectivity index (χ4v) is 2.15. The number of hydrogen-bond acceptors (Lipinski definition) is 5. The summed E-state index contributed by atoms with van der Waals surface area (Å²) in [6.45, 7) is 2.73. The quantitative estimate of drug-likeness (QED) is 0.768. The highest BCUT2D eigenvalue weighted by molar-refractivity contribution is 7.11. The third-order valence-corrected chi connectivity index (χ3v) is 3.21. The van der Waals surface area contributed by atoms with Gasteiger partial charge in [-0.15, -0.1) is 11.3 Å². The summed E-state index contributed by atoms with van der Waals surface area (Å²) < 4.78 is 0. The van der Waals surface area contributed by atoms with E-state index in [-0.39, 0.29) is 12.6 Å². The van der Waals surface area contributed by atoms with Crippen molar-refractivity contribution < 1.29 is 5.11 Å². The molecule has 0 saturated heterocycles. The first-order valence-corrected chi connectivity index (χ1v) is 5.33. The van der Waals surface area contributed by atoms with Crippen LogP contribution in [0.1, 0.15) is 21.6 Å². The number of thiazole rings is 1. The Kier molecular flexibility index (Phi) is 4.00. The fourth-order valence-electron chi connectivity index (χ4n) is 1.23. The summed E-state index contributed by atoms with van der Waals surface area (Å²) in [4.78, 5) is 7.28. The summed E-state index contributed by atoms with van der Waals surface area (Å²) in [6, 6.07) is -0.0611. The van der Waals surface area contributed by atoms with Crippen LogP contribution in [-0.4, -0.2) is 35.6 Å². The van der Waals surface area contributed by atoms with Crippen molar-refractivity contribution in [2.75, 3.05) is 20.6 Å². The maximum absolute atomic E-state index is 9.01. The predicted octanol–water partition coefficient (Wildman–Crippen LogP) is 0.505. The van der Waals surface area contributed by atoms with Gasteiger partial charge in [0, 0.05) is 6.54 Å². The number of rotatable bonds is 4. The molecule has 0 radical (unpaired) electrons. The van der Waals surface area contributed by atoms with Gasteiger partial charge in [0.1, 0.15) is 5.01 Å². The molecule has 5 heteroatoms. The molecule has 1 heterocycles. The Hall–Kier alpha value is -0.490. The maximum Gasteiger partial charge on any atom is 0.111 e. The average molecular weight is 215 g/mol. The molecule has 0 aliphatic heterocycles. The Bertz CT molecular complexity index is 298. The highest BCUT2D eigenvalue weighted by Gasteiger charge is 2.13. The molecular weight excluding hydrogens is 198 g/mol. The molecule has 1 rings (SSSR count). The molecule has 1 aromatic rings. The lowest BCUT2D eigenvalue weighted by Gasteiger charge is -2.14. The molecule has 0 aliphatic rings. The number of nitrogens with zero attached hydrogens (tertiary/aromatic N) is 2. The van der Waals surface area contributed by atoms with E-state index in [1.807, 2.05) is 25.9 Å². The second-order valence-corrected chi connectivity index (χ2v) is 4.70. The molecule has 0 bridgehead atoms. The largest absolute Gasteiger partial charge is 0.391 e. The Morgan fingerprint density at radius 2 is 2.21 bits per heavy atom. The van der Waals surface area contributed by atoms with E-state index in [9.17, 15) is 0 Å². The minimum absolute atomic E-state index is 0.0538. The summed E-state index contributed by atoms with van der Waals surface area (Å²) in [6.07, 6.45) is 0. The third-order valence-electron chi connectivity index (χ3n) is 1.93. The van der Waals surface area contributed by atoms with Gasteiger partial charge >= 0.3 is 0 Å². The zero-order valence-electron chi connectivity index (χ0n) is 8.82. The molecule has 0 saturated carbocycles. The van der Waals surface area contributed by atoms with Crippen molar-refractivity contribution in [1.82, 2.24) is 9.88 Å². The molecule has 14 heavy (non-hydrogen) atoms. The van der Waals surface area contributed by atoms with E-state index >= 15 is 0 Å². The van der Waals surface area contributed by atoms with Crippen molar-refractivity contribution in [3.05, 3.63) is 15.6 Å². The van der Waals surface area contributed by atoms with Gasteiger partial charge in [0.05, 0.1) is 23.2 Å². The summed E-state index contributed by atoms with van der Waals surface area (Å²) in [5.41, 5.74) is 6.85. The van der Waals surface area contributed by atoms with E-state index in [0.29, 0.717) is 0 Å². The summed E-state index contributed by atoms with van der Waals surface area (Å²) >= 11 is 1.50. The molecule has 0 aliphatic carbocycles. The number of aliphatic hydroxyl groups excluding tert-OH is 1. The van der Waals surface area contributed by atoms with Crippen LogP contribution in [0.5, 0.6) is 0 Å². The molecular formula is C9H17N3OS. The molecule has 80 valence electrons. The van der Waals surface area contributed by atoms with Crippen molar-refractivity contribution in [2.45, 2.75) is 19.6 Å². The van der Waals surface area contributed by atoms with E-state index in [0.717, 1.165) is 22.1 Å². The number of aromatic nitrogens is 1. The number of likely N-dealkylation sites (N-methyl/N-ethyl adjacent to an activating group) is 1. The minimum Gasteiger partial charge on any atom is -0.391 e. The summed E-state index contributed by atoms with van der Waals surface area (Å²) in [7, 11) is 3.96. The van der Waals surface area contributed by atoms with Crippen LogP contribution in [0.4, 0.5) is 0 Å². The average Bonchev–Trinajstić information content (AvgIpc) is 2.45. The van der Waals surface area contributed by atoms with Gasteiger partial charge in [0.2, 0.25) is 0 Å². The lowest BCUT2D eigenvalue weighted by Crippen LogP contribution is -2.25. The zero-order chi connectivity index (χ0) is 10.7. The highest BCUT2D eigenvalue weighted by Crippen LogP contribution is 2.22. The first-order chi connectivity index (χ1) is 6.54. The van der Waals surface area contributed by atoms with E-state index in [1.54, 1.807) is 0 Å². The van der Waals surface area contributed by atoms with Crippen molar-refractivity contribution in [3.8, 4) is 0 Å². The van der Waals surface area contributed by atoms with Crippen molar-refractivity contribution >= 4 is 11.3 Å². The summed E-state index contributed by atoms with van der Waals surface area (Å²) in [5.74, 6) is 0. The number of hydrogen-bond donors (Lipinski definition) is 2. The Morgan fingerprint density at radius 3 is 2.64 bits per heavy atom. The van der Waals surface area contributed by atoms with Crippen LogP contribution in [-0.2, 0) is 6.61 Å². The number of aliphatic hydroxyl groups is 1. The van der Waals surface area contributed by atoms with Gasteiger partial charge in [-0.25, -0.2) is 4.98 Å². The van der Waals surface area contributed by atoms with Crippen LogP contribution in [0.3, 0.4) is 0 Å². The Balaban J connectivity index is 2.75.